The summed E-state index contributed by atoms with van der Waals surface area (Å²) in [7, 11) is 0. The van der Waals surface area contributed by atoms with Crippen LogP contribution in [0, 0.1) is 16.7 Å². The standard InChI is InChI=1S/C15H20N2O2/c1-14(2)11(15(14,3)4)13(19)17-10-8-6-5-7-9(10)12(16)18/h5-8,11H,1-4H3,(H2,16,18)(H,17,19). The predicted molar refractivity (Wildman–Crippen MR) is 74.6 cm³/mol. The first-order valence-electron chi connectivity index (χ1n) is 6.39. The summed E-state index contributed by atoms with van der Waals surface area (Å²) in [5.74, 6) is -0.644. The number of carbonyl (C=O) groups excluding carboxylic acids is 2. The fourth-order valence-corrected chi connectivity index (χ4v) is 2.86. The Bertz CT molecular complexity index is 533. The Labute approximate surface area is 113 Å². The third kappa shape index (κ3) is 2.01. The molecular weight excluding hydrogens is 240 g/mol. The van der Waals surface area contributed by atoms with Crippen LogP contribution in [0.3, 0.4) is 0 Å². The van der Waals surface area contributed by atoms with Crippen LogP contribution in [0.2, 0.25) is 0 Å². The van der Waals surface area contributed by atoms with Gasteiger partial charge in [0.25, 0.3) is 5.91 Å². The summed E-state index contributed by atoms with van der Waals surface area (Å²) in [5, 5.41) is 2.83. The second-order valence-electron chi connectivity index (χ2n) is 6.28. The van der Waals surface area contributed by atoms with Crippen LogP contribution in [0.4, 0.5) is 5.69 Å². The number of hydrogen-bond donors (Lipinski definition) is 2. The first kappa shape index (κ1) is 13.6. The van der Waals surface area contributed by atoms with Gasteiger partial charge in [-0.3, -0.25) is 9.59 Å². The summed E-state index contributed by atoms with van der Waals surface area (Å²) in [6, 6.07) is 6.80. The van der Waals surface area contributed by atoms with Crippen molar-refractivity contribution in [2.75, 3.05) is 5.32 Å². The van der Waals surface area contributed by atoms with E-state index in [-0.39, 0.29) is 22.7 Å². The summed E-state index contributed by atoms with van der Waals surface area (Å²) >= 11 is 0. The average molecular weight is 260 g/mol. The number of para-hydroxylation sites is 1. The molecule has 4 heteroatoms. The lowest BCUT2D eigenvalue weighted by Crippen LogP contribution is -2.21. The molecule has 102 valence electrons. The van der Waals surface area contributed by atoms with E-state index in [4.69, 9.17) is 5.73 Å². The van der Waals surface area contributed by atoms with Crippen molar-refractivity contribution in [3.8, 4) is 0 Å². The number of benzene rings is 1. The highest BCUT2D eigenvalue weighted by Crippen LogP contribution is 2.68. The molecule has 0 radical (unpaired) electrons. The molecule has 1 aliphatic rings. The maximum atomic E-state index is 12.3. The number of nitrogens with two attached hydrogens (primary N) is 1. The highest BCUT2D eigenvalue weighted by atomic mass is 16.2. The monoisotopic (exact) mass is 260 g/mol. The molecule has 1 aromatic carbocycles. The van der Waals surface area contributed by atoms with Crippen LogP contribution < -0.4 is 11.1 Å². The van der Waals surface area contributed by atoms with Gasteiger partial charge in [0.1, 0.15) is 0 Å². The lowest BCUT2D eigenvalue weighted by atomic mass is 10.0. The quantitative estimate of drug-likeness (QED) is 0.876. The number of primary amides is 1. The summed E-state index contributed by atoms with van der Waals surface area (Å²) < 4.78 is 0. The normalized spacial score (nSPS) is 19.8. The predicted octanol–water partition coefficient (Wildman–Crippen LogP) is 2.41. The van der Waals surface area contributed by atoms with Crippen LogP contribution in [0.25, 0.3) is 0 Å². The maximum Gasteiger partial charge on any atom is 0.250 e. The Hall–Kier alpha value is -1.84. The Kier molecular flexibility index (Phi) is 2.92. The van der Waals surface area contributed by atoms with Crippen molar-refractivity contribution in [1.29, 1.82) is 0 Å². The van der Waals surface area contributed by atoms with Crippen LogP contribution in [0.15, 0.2) is 24.3 Å². The Morgan fingerprint density at radius 2 is 1.63 bits per heavy atom. The van der Waals surface area contributed by atoms with Crippen molar-refractivity contribution in [3.63, 3.8) is 0 Å². The zero-order valence-electron chi connectivity index (χ0n) is 11.8. The molecule has 1 fully saturated rings. The SMILES string of the molecule is CC1(C)C(C(=O)Nc2ccccc2C(N)=O)C1(C)C. The van der Waals surface area contributed by atoms with Gasteiger partial charge in [0.2, 0.25) is 5.91 Å². The molecule has 0 aromatic heterocycles. The van der Waals surface area contributed by atoms with Crippen molar-refractivity contribution < 1.29 is 9.59 Å². The van der Waals surface area contributed by atoms with Gasteiger partial charge in [0.15, 0.2) is 0 Å². The molecule has 0 atom stereocenters. The molecular formula is C15H20N2O2. The second kappa shape index (κ2) is 4.08. The number of amides is 2. The van der Waals surface area contributed by atoms with Crippen molar-refractivity contribution in [1.82, 2.24) is 0 Å². The molecule has 1 aliphatic carbocycles. The Morgan fingerprint density at radius 1 is 1.11 bits per heavy atom. The zero-order valence-corrected chi connectivity index (χ0v) is 11.8. The van der Waals surface area contributed by atoms with Gasteiger partial charge >= 0.3 is 0 Å². The van der Waals surface area contributed by atoms with E-state index >= 15 is 0 Å². The number of anilines is 1. The van der Waals surface area contributed by atoms with Crippen molar-refractivity contribution in [2.45, 2.75) is 27.7 Å². The van der Waals surface area contributed by atoms with E-state index in [9.17, 15) is 9.59 Å². The summed E-state index contributed by atoms with van der Waals surface area (Å²) in [6.07, 6.45) is 0. The molecule has 0 heterocycles. The van der Waals surface area contributed by atoms with Crippen molar-refractivity contribution in [3.05, 3.63) is 29.8 Å². The topological polar surface area (TPSA) is 72.2 Å². The molecule has 2 amide bonds. The average Bonchev–Trinajstić information content (AvgIpc) is 2.69. The molecule has 0 bridgehead atoms. The summed E-state index contributed by atoms with van der Waals surface area (Å²) in [6.45, 7) is 8.32. The van der Waals surface area contributed by atoms with Gasteiger partial charge in [-0.15, -0.1) is 0 Å². The van der Waals surface area contributed by atoms with Crippen LogP contribution in [0.1, 0.15) is 38.1 Å². The zero-order chi connectivity index (χ0) is 14.4. The van der Waals surface area contributed by atoms with E-state index < -0.39 is 5.91 Å². The van der Waals surface area contributed by atoms with Crippen molar-refractivity contribution >= 4 is 17.5 Å². The van der Waals surface area contributed by atoms with Gasteiger partial charge < -0.3 is 11.1 Å². The van der Waals surface area contributed by atoms with Crippen LogP contribution >= 0.6 is 0 Å². The Balaban J connectivity index is 2.20. The van der Waals surface area contributed by atoms with Gasteiger partial charge in [0, 0.05) is 5.92 Å². The Morgan fingerprint density at radius 3 is 2.11 bits per heavy atom. The molecule has 4 nitrogen and oxygen atoms in total. The second-order valence-corrected chi connectivity index (χ2v) is 6.28. The van der Waals surface area contributed by atoms with Crippen molar-refractivity contribution in [2.24, 2.45) is 22.5 Å². The minimum atomic E-state index is -0.537. The molecule has 0 saturated heterocycles. The first-order valence-corrected chi connectivity index (χ1v) is 6.39. The molecule has 0 unspecified atom stereocenters. The number of rotatable bonds is 3. The van der Waals surface area contributed by atoms with E-state index in [0.29, 0.717) is 11.3 Å². The lowest BCUT2D eigenvalue weighted by molar-refractivity contribution is -0.118. The van der Waals surface area contributed by atoms with E-state index in [1.165, 1.54) is 0 Å². The largest absolute Gasteiger partial charge is 0.366 e. The minimum absolute atomic E-state index is 0.0290. The van der Waals surface area contributed by atoms with Gasteiger partial charge in [-0.1, -0.05) is 39.8 Å². The van der Waals surface area contributed by atoms with Gasteiger partial charge in [-0.05, 0) is 23.0 Å². The fourth-order valence-electron chi connectivity index (χ4n) is 2.86. The number of hydrogen-bond acceptors (Lipinski definition) is 2. The number of carbonyl (C=O) groups is 2. The van der Waals surface area contributed by atoms with E-state index in [2.05, 4.69) is 33.0 Å². The lowest BCUT2D eigenvalue weighted by Gasteiger charge is -2.09. The highest BCUT2D eigenvalue weighted by molar-refractivity contribution is 6.04. The molecule has 1 aromatic rings. The van der Waals surface area contributed by atoms with E-state index in [1.54, 1.807) is 24.3 Å². The minimum Gasteiger partial charge on any atom is -0.366 e. The molecule has 2 rings (SSSR count). The summed E-state index contributed by atoms with van der Waals surface area (Å²) in [4.78, 5) is 23.6. The van der Waals surface area contributed by atoms with Gasteiger partial charge in [0.05, 0.1) is 11.3 Å². The van der Waals surface area contributed by atoms with Crippen LogP contribution in [0.5, 0.6) is 0 Å². The van der Waals surface area contributed by atoms with E-state index in [0.717, 1.165) is 0 Å². The third-order valence-corrected chi connectivity index (χ3v) is 4.73. The highest BCUT2D eigenvalue weighted by Gasteiger charge is 2.68. The molecule has 19 heavy (non-hydrogen) atoms. The first-order chi connectivity index (χ1) is 8.69. The van der Waals surface area contributed by atoms with Gasteiger partial charge in [-0.25, -0.2) is 0 Å². The smallest absolute Gasteiger partial charge is 0.250 e. The third-order valence-electron chi connectivity index (χ3n) is 4.73. The molecule has 0 aliphatic heterocycles. The molecule has 3 N–H and O–H groups in total. The number of nitrogens with one attached hydrogen (secondary N) is 1. The van der Waals surface area contributed by atoms with E-state index in [1.807, 2.05) is 0 Å². The summed E-state index contributed by atoms with van der Waals surface area (Å²) in [5.41, 5.74) is 6.06. The van der Waals surface area contributed by atoms with Crippen LogP contribution in [-0.4, -0.2) is 11.8 Å². The molecule has 0 spiro atoms. The van der Waals surface area contributed by atoms with Crippen LogP contribution in [-0.2, 0) is 4.79 Å². The maximum absolute atomic E-state index is 12.3. The van der Waals surface area contributed by atoms with Gasteiger partial charge in [-0.2, -0.15) is 0 Å². The fraction of sp³-hybridized carbons (Fsp3) is 0.467. The molecule has 1 saturated carbocycles.